The van der Waals surface area contributed by atoms with Gasteiger partial charge >= 0.3 is 5.97 Å². The van der Waals surface area contributed by atoms with Crippen LogP contribution in [0.2, 0.25) is 0 Å². The molecule has 0 aromatic heterocycles. The summed E-state index contributed by atoms with van der Waals surface area (Å²) >= 11 is 0. The highest BCUT2D eigenvalue weighted by Crippen LogP contribution is 2.26. The van der Waals surface area contributed by atoms with Gasteiger partial charge in [0.2, 0.25) is 11.8 Å². The van der Waals surface area contributed by atoms with Crippen molar-refractivity contribution in [2.24, 2.45) is 11.8 Å². The Kier molecular flexibility index (Phi) is 11.0. The molecule has 0 saturated carbocycles. The standard InChI is InChI=1S/C37H42N2O5/c40-25-33-22-29-17-11-12-20-32(29)24-39(33)35(41)23-30-18-7-1-2-8-19-31(21-27-13-5-3-6-14-27)37(43)44-26-34(38-36(30)42)28-15-9-4-10-16-28/h1,3-7,9-17,20,30-31,33-34,40H,2,8,18-19,21-26H2,(H,38,42)/t30-,31-,33+,34-/m1/s1. The fourth-order valence-electron chi connectivity index (χ4n) is 6.20. The summed E-state index contributed by atoms with van der Waals surface area (Å²) in [6.45, 7) is 0.284. The fraction of sp³-hybridized carbons (Fsp3) is 0.378. The monoisotopic (exact) mass is 594 g/mol. The van der Waals surface area contributed by atoms with Crippen LogP contribution in [0.1, 0.15) is 60.4 Å². The minimum Gasteiger partial charge on any atom is -0.463 e. The third-order valence-electron chi connectivity index (χ3n) is 8.76. The van der Waals surface area contributed by atoms with Crippen molar-refractivity contribution in [3.63, 3.8) is 0 Å². The number of fused-ring (bicyclic) bond motifs is 1. The maximum atomic E-state index is 13.8. The van der Waals surface area contributed by atoms with Crippen molar-refractivity contribution in [2.45, 2.75) is 63.6 Å². The van der Waals surface area contributed by atoms with Crippen LogP contribution in [-0.2, 0) is 38.5 Å². The number of allylic oxidation sites excluding steroid dienone is 2. The van der Waals surface area contributed by atoms with Gasteiger partial charge in [0, 0.05) is 13.0 Å². The molecule has 7 nitrogen and oxygen atoms in total. The van der Waals surface area contributed by atoms with E-state index in [0.29, 0.717) is 32.2 Å². The highest BCUT2D eigenvalue weighted by molar-refractivity contribution is 5.86. The second kappa shape index (κ2) is 15.5. The molecule has 0 radical (unpaired) electrons. The predicted octanol–water partition coefficient (Wildman–Crippen LogP) is 5.33. The number of aliphatic hydroxyl groups is 1. The molecule has 7 heteroatoms. The van der Waals surface area contributed by atoms with Crippen molar-refractivity contribution in [3.05, 3.63) is 119 Å². The number of ether oxygens (including phenoxy) is 1. The SMILES string of the molecule is O=C1N[C@@H](c2ccccc2)COC(=O)[C@@H](Cc2ccccc2)CCCC=CC[C@@H]1CC(=O)N1Cc2ccccc2C[C@H]1CO. The van der Waals surface area contributed by atoms with E-state index < -0.39 is 12.0 Å². The molecule has 0 spiro atoms. The molecule has 44 heavy (non-hydrogen) atoms. The maximum Gasteiger partial charge on any atom is 0.309 e. The molecule has 0 aliphatic carbocycles. The summed E-state index contributed by atoms with van der Waals surface area (Å²) in [5.74, 6) is -1.56. The third-order valence-corrected chi connectivity index (χ3v) is 8.76. The van der Waals surface area contributed by atoms with Crippen LogP contribution in [0.4, 0.5) is 0 Å². The minimum absolute atomic E-state index is 0.00583. The van der Waals surface area contributed by atoms with Crippen molar-refractivity contribution in [3.8, 4) is 0 Å². The number of amides is 2. The number of carbonyl (C=O) groups is 3. The van der Waals surface area contributed by atoms with Crippen molar-refractivity contribution >= 4 is 17.8 Å². The van der Waals surface area contributed by atoms with Crippen LogP contribution in [0.5, 0.6) is 0 Å². The zero-order chi connectivity index (χ0) is 30.7. The molecule has 2 N–H and O–H groups in total. The summed E-state index contributed by atoms with van der Waals surface area (Å²) in [5.41, 5.74) is 4.12. The Labute approximate surface area is 259 Å². The molecule has 2 aliphatic heterocycles. The highest BCUT2D eigenvalue weighted by atomic mass is 16.5. The van der Waals surface area contributed by atoms with Crippen LogP contribution in [0.15, 0.2) is 97.1 Å². The van der Waals surface area contributed by atoms with Crippen LogP contribution in [-0.4, -0.2) is 47.0 Å². The quantitative estimate of drug-likeness (QED) is 0.297. The van der Waals surface area contributed by atoms with Crippen molar-refractivity contribution in [1.29, 1.82) is 0 Å². The Balaban J connectivity index is 1.34. The molecule has 5 rings (SSSR count). The average molecular weight is 595 g/mol. The van der Waals surface area contributed by atoms with E-state index in [0.717, 1.165) is 35.1 Å². The molecule has 2 amide bonds. The smallest absolute Gasteiger partial charge is 0.309 e. The zero-order valence-electron chi connectivity index (χ0n) is 25.1. The number of hydrogen-bond acceptors (Lipinski definition) is 5. The van der Waals surface area contributed by atoms with Gasteiger partial charge in [-0.05, 0) is 60.8 Å². The molecule has 0 unspecified atom stereocenters. The summed E-state index contributed by atoms with van der Waals surface area (Å²) < 4.78 is 5.89. The molecule has 0 bridgehead atoms. The summed E-state index contributed by atoms with van der Waals surface area (Å²) in [6.07, 6.45) is 7.93. The van der Waals surface area contributed by atoms with E-state index >= 15 is 0 Å². The number of rotatable bonds is 6. The summed E-state index contributed by atoms with van der Waals surface area (Å²) in [7, 11) is 0. The number of hydrogen-bond donors (Lipinski definition) is 2. The van der Waals surface area contributed by atoms with Crippen molar-refractivity contribution in [2.75, 3.05) is 13.2 Å². The summed E-state index contributed by atoms with van der Waals surface area (Å²) in [6, 6.07) is 26.5. The summed E-state index contributed by atoms with van der Waals surface area (Å²) in [4.78, 5) is 42.6. The van der Waals surface area contributed by atoms with Gasteiger partial charge in [0.05, 0.1) is 30.5 Å². The lowest BCUT2D eigenvalue weighted by Gasteiger charge is -2.36. The number of aliphatic hydroxyl groups excluding tert-OH is 1. The van der Waals surface area contributed by atoms with E-state index in [2.05, 4.69) is 5.32 Å². The number of nitrogens with one attached hydrogen (secondary N) is 1. The first-order valence-electron chi connectivity index (χ1n) is 15.7. The number of nitrogens with zero attached hydrogens (tertiary/aromatic N) is 1. The fourth-order valence-corrected chi connectivity index (χ4v) is 6.20. The first-order valence-corrected chi connectivity index (χ1v) is 15.7. The van der Waals surface area contributed by atoms with Crippen molar-refractivity contribution < 1.29 is 24.2 Å². The number of benzene rings is 3. The van der Waals surface area contributed by atoms with Gasteiger partial charge in [-0.1, -0.05) is 97.1 Å². The van der Waals surface area contributed by atoms with Gasteiger partial charge in [0.1, 0.15) is 6.61 Å². The van der Waals surface area contributed by atoms with Gasteiger partial charge in [-0.3, -0.25) is 14.4 Å². The Bertz CT molecular complexity index is 1420. The van der Waals surface area contributed by atoms with Crippen LogP contribution in [0.3, 0.4) is 0 Å². The lowest BCUT2D eigenvalue weighted by atomic mass is 9.92. The van der Waals surface area contributed by atoms with Crippen LogP contribution in [0, 0.1) is 11.8 Å². The molecule has 4 atom stereocenters. The molecule has 0 fully saturated rings. The Morgan fingerprint density at radius 1 is 0.886 bits per heavy atom. The van der Waals surface area contributed by atoms with Gasteiger partial charge in [0.25, 0.3) is 0 Å². The first kappa shape index (κ1) is 31.2. The van der Waals surface area contributed by atoms with E-state index in [9.17, 15) is 19.5 Å². The topological polar surface area (TPSA) is 95.9 Å². The highest BCUT2D eigenvalue weighted by Gasteiger charge is 2.33. The molecule has 2 aliphatic rings. The minimum atomic E-state index is -0.606. The van der Waals surface area contributed by atoms with Gasteiger partial charge in [0.15, 0.2) is 0 Å². The van der Waals surface area contributed by atoms with Crippen LogP contribution in [0.25, 0.3) is 0 Å². The first-order chi connectivity index (χ1) is 21.5. The van der Waals surface area contributed by atoms with E-state index in [1.807, 2.05) is 97.1 Å². The lowest BCUT2D eigenvalue weighted by Crippen LogP contribution is -2.47. The second-order valence-electron chi connectivity index (χ2n) is 11.9. The van der Waals surface area contributed by atoms with E-state index in [4.69, 9.17) is 4.74 Å². The van der Waals surface area contributed by atoms with E-state index in [1.165, 1.54) is 0 Å². The van der Waals surface area contributed by atoms with Gasteiger partial charge in [-0.2, -0.15) is 0 Å². The van der Waals surface area contributed by atoms with Gasteiger partial charge in [-0.25, -0.2) is 0 Å². The Hall–Kier alpha value is -4.23. The number of cyclic esters (lactones) is 1. The maximum absolute atomic E-state index is 13.8. The lowest BCUT2D eigenvalue weighted by molar-refractivity contribution is -0.150. The Morgan fingerprint density at radius 2 is 1.59 bits per heavy atom. The van der Waals surface area contributed by atoms with Gasteiger partial charge < -0.3 is 20.1 Å². The average Bonchev–Trinajstić information content (AvgIpc) is 3.06. The van der Waals surface area contributed by atoms with Gasteiger partial charge in [-0.15, -0.1) is 0 Å². The third kappa shape index (κ3) is 8.23. The normalized spacial score (nSPS) is 23.2. The van der Waals surface area contributed by atoms with E-state index in [-0.39, 0.29) is 49.4 Å². The summed E-state index contributed by atoms with van der Waals surface area (Å²) in [5, 5.41) is 13.2. The molecule has 0 saturated heterocycles. The molecular weight excluding hydrogens is 552 g/mol. The van der Waals surface area contributed by atoms with Crippen LogP contribution >= 0.6 is 0 Å². The predicted molar refractivity (Wildman–Crippen MR) is 169 cm³/mol. The molecule has 2 heterocycles. The van der Waals surface area contributed by atoms with Crippen LogP contribution < -0.4 is 5.32 Å². The largest absolute Gasteiger partial charge is 0.463 e. The van der Waals surface area contributed by atoms with Crippen molar-refractivity contribution in [1.82, 2.24) is 10.2 Å². The second-order valence-corrected chi connectivity index (χ2v) is 11.9. The molecule has 3 aromatic carbocycles. The number of esters is 1. The Morgan fingerprint density at radius 3 is 2.34 bits per heavy atom. The molecular formula is C37H42N2O5. The molecule has 3 aromatic rings. The zero-order valence-corrected chi connectivity index (χ0v) is 25.1. The molecule has 230 valence electrons. The van der Waals surface area contributed by atoms with E-state index in [1.54, 1.807) is 4.90 Å². The number of carbonyl (C=O) groups excluding carboxylic acids is 3.